The van der Waals surface area contributed by atoms with Crippen molar-refractivity contribution in [3.8, 4) is 0 Å². The van der Waals surface area contributed by atoms with Gasteiger partial charge in [-0.05, 0) is 24.6 Å². The van der Waals surface area contributed by atoms with Gasteiger partial charge < -0.3 is 5.32 Å². The van der Waals surface area contributed by atoms with Gasteiger partial charge in [0, 0.05) is 6.20 Å². The van der Waals surface area contributed by atoms with Gasteiger partial charge in [0.1, 0.15) is 6.54 Å². The lowest BCUT2D eigenvalue weighted by molar-refractivity contribution is -0.141. The Hall–Kier alpha value is -2.42. The smallest absolute Gasteiger partial charge is 0.300 e. The molecule has 0 radical (unpaired) electrons. The molecule has 3 rings (SSSR count). The fraction of sp³-hybridized carbons (Fsp3) is 0.214. The number of para-hydroxylation sites is 1. The van der Waals surface area contributed by atoms with Crippen molar-refractivity contribution in [3.05, 3.63) is 41.7 Å². The number of aromatic nitrogens is 3. The Labute approximate surface area is 132 Å². The minimum Gasteiger partial charge on any atom is -0.300 e. The highest BCUT2D eigenvalue weighted by Crippen LogP contribution is 2.28. The van der Waals surface area contributed by atoms with Gasteiger partial charge in [-0.25, -0.2) is 4.98 Å². The third-order valence-electron chi connectivity index (χ3n) is 3.10. The monoisotopic (exact) mass is 340 g/mol. The van der Waals surface area contributed by atoms with Crippen LogP contribution < -0.4 is 5.32 Å². The predicted octanol–water partition coefficient (Wildman–Crippen LogP) is 3.46. The Morgan fingerprint density at radius 1 is 1.35 bits per heavy atom. The molecule has 1 N–H and O–H groups in total. The molecule has 0 atom stereocenters. The van der Waals surface area contributed by atoms with Gasteiger partial charge >= 0.3 is 6.18 Å². The number of aryl methyl sites for hydroxylation is 1. The van der Waals surface area contributed by atoms with Crippen molar-refractivity contribution in [2.45, 2.75) is 19.6 Å². The van der Waals surface area contributed by atoms with Crippen LogP contribution in [0.15, 0.2) is 30.5 Å². The van der Waals surface area contributed by atoms with E-state index >= 15 is 0 Å². The molecule has 3 aromatic rings. The van der Waals surface area contributed by atoms with Crippen LogP contribution in [0.2, 0.25) is 0 Å². The number of benzene rings is 1. The van der Waals surface area contributed by atoms with Crippen LogP contribution >= 0.6 is 11.3 Å². The first-order chi connectivity index (χ1) is 10.8. The van der Waals surface area contributed by atoms with E-state index in [4.69, 9.17) is 0 Å². The first kappa shape index (κ1) is 15.5. The number of alkyl halides is 3. The van der Waals surface area contributed by atoms with Crippen LogP contribution in [0.5, 0.6) is 0 Å². The molecular weight excluding hydrogens is 329 g/mol. The second-order valence-electron chi connectivity index (χ2n) is 4.89. The van der Waals surface area contributed by atoms with Gasteiger partial charge in [-0.2, -0.15) is 18.3 Å². The maximum Gasteiger partial charge on any atom is 0.435 e. The quantitative estimate of drug-likeness (QED) is 0.794. The summed E-state index contributed by atoms with van der Waals surface area (Å²) in [6.07, 6.45) is -3.41. The highest BCUT2D eigenvalue weighted by molar-refractivity contribution is 7.22. The molecule has 120 valence electrons. The lowest BCUT2D eigenvalue weighted by Gasteiger charge is -2.03. The number of carbonyl (C=O) groups is 1. The van der Waals surface area contributed by atoms with Crippen LogP contribution in [0.1, 0.15) is 11.3 Å². The van der Waals surface area contributed by atoms with Crippen molar-refractivity contribution in [1.82, 2.24) is 14.8 Å². The van der Waals surface area contributed by atoms with Crippen LogP contribution in [0.25, 0.3) is 10.2 Å². The number of thiazole rings is 1. The van der Waals surface area contributed by atoms with E-state index in [1.807, 2.05) is 25.1 Å². The molecule has 0 unspecified atom stereocenters. The second kappa shape index (κ2) is 5.65. The number of rotatable bonds is 3. The molecule has 0 aliphatic rings. The van der Waals surface area contributed by atoms with Gasteiger partial charge in [-0.15, -0.1) is 0 Å². The average Bonchev–Trinajstić information content (AvgIpc) is 3.05. The van der Waals surface area contributed by atoms with Crippen LogP contribution in [-0.4, -0.2) is 20.7 Å². The molecule has 0 fully saturated rings. The highest BCUT2D eigenvalue weighted by Gasteiger charge is 2.33. The van der Waals surface area contributed by atoms with Crippen LogP contribution in [0.4, 0.5) is 18.3 Å². The van der Waals surface area contributed by atoms with Crippen molar-refractivity contribution in [2.75, 3.05) is 5.32 Å². The molecule has 5 nitrogen and oxygen atoms in total. The summed E-state index contributed by atoms with van der Waals surface area (Å²) >= 11 is 1.31. The zero-order chi connectivity index (χ0) is 16.6. The Morgan fingerprint density at radius 2 is 2.13 bits per heavy atom. The van der Waals surface area contributed by atoms with E-state index in [9.17, 15) is 18.0 Å². The summed E-state index contributed by atoms with van der Waals surface area (Å²) < 4.78 is 39.2. The van der Waals surface area contributed by atoms with Crippen molar-refractivity contribution in [2.24, 2.45) is 0 Å². The van der Waals surface area contributed by atoms with Crippen LogP contribution in [0, 0.1) is 6.92 Å². The van der Waals surface area contributed by atoms with E-state index in [1.54, 1.807) is 0 Å². The molecule has 0 aliphatic carbocycles. The topological polar surface area (TPSA) is 59.8 Å². The Balaban J connectivity index is 1.71. The Morgan fingerprint density at radius 3 is 2.78 bits per heavy atom. The van der Waals surface area contributed by atoms with Gasteiger partial charge in [-0.1, -0.05) is 23.5 Å². The molecule has 0 aliphatic heterocycles. The average molecular weight is 340 g/mol. The van der Waals surface area contributed by atoms with Gasteiger partial charge in [0.15, 0.2) is 10.8 Å². The molecule has 0 saturated heterocycles. The lowest BCUT2D eigenvalue weighted by atomic mass is 10.2. The predicted molar refractivity (Wildman–Crippen MR) is 80.2 cm³/mol. The fourth-order valence-electron chi connectivity index (χ4n) is 2.05. The Bertz CT molecular complexity index is 868. The molecule has 0 bridgehead atoms. The number of halogens is 3. The van der Waals surface area contributed by atoms with Crippen molar-refractivity contribution in [1.29, 1.82) is 0 Å². The van der Waals surface area contributed by atoms with Crippen molar-refractivity contribution < 1.29 is 18.0 Å². The minimum atomic E-state index is -4.52. The van der Waals surface area contributed by atoms with E-state index in [-0.39, 0.29) is 6.54 Å². The first-order valence-electron chi connectivity index (χ1n) is 6.59. The molecule has 2 heterocycles. The third kappa shape index (κ3) is 3.34. The van der Waals surface area contributed by atoms with Crippen LogP contribution in [-0.2, 0) is 17.5 Å². The summed E-state index contributed by atoms with van der Waals surface area (Å²) in [6, 6.07) is 6.52. The number of fused-ring (bicyclic) bond motifs is 1. The number of carbonyl (C=O) groups excluding carboxylic acids is 1. The molecule has 23 heavy (non-hydrogen) atoms. The summed E-state index contributed by atoms with van der Waals surface area (Å²) in [5, 5.41) is 6.32. The zero-order valence-electron chi connectivity index (χ0n) is 11.9. The van der Waals surface area contributed by atoms with E-state index < -0.39 is 17.8 Å². The lowest BCUT2D eigenvalue weighted by Crippen LogP contribution is -2.19. The second-order valence-corrected chi connectivity index (χ2v) is 5.92. The number of amides is 1. The van der Waals surface area contributed by atoms with E-state index in [1.165, 1.54) is 11.3 Å². The van der Waals surface area contributed by atoms with Gasteiger partial charge in [-0.3, -0.25) is 9.48 Å². The fourth-order valence-corrected chi connectivity index (χ4v) is 3.01. The standard InChI is InChI=1S/C14H11F3N4OS/c1-8-3-2-4-9-12(8)19-13(23-9)18-11(22)7-21-6-5-10(20-21)14(15,16)17/h2-6H,7H2,1H3,(H,18,19,22). The number of hydrogen-bond acceptors (Lipinski definition) is 4. The normalized spacial score (nSPS) is 11.8. The molecule has 0 spiro atoms. The summed E-state index contributed by atoms with van der Waals surface area (Å²) in [5.41, 5.74) is 0.758. The maximum atomic E-state index is 12.5. The maximum absolute atomic E-state index is 12.5. The number of nitrogens with zero attached hydrogens (tertiary/aromatic N) is 3. The van der Waals surface area contributed by atoms with Crippen molar-refractivity contribution >= 4 is 32.6 Å². The Kier molecular flexibility index (Phi) is 3.80. The molecule has 9 heteroatoms. The van der Waals surface area contributed by atoms with Gasteiger partial charge in [0.05, 0.1) is 10.2 Å². The third-order valence-corrected chi connectivity index (χ3v) is 4.04. The van der Waals surface area contributed by atoms with E-state index in [2.05, 4.69) is 15.4 Å². The van der Waals surface area contributed by atoms with Gasteiger partial charge in [0.25, 0.3) is 0 Å². The van der Waals surface area contributed by atoms with Crippen molar-refractivity contribution in [3.63, 3.8) is 0 Å². The first-order valence-corrected chi connectivity index (χ1v) is 7.41. The zero-order valence-corrected chi connectivity index (χ0v) is 12.7. The molecular formula is C14H11F3N4OS. The molecule has 1 aromatic carbocycles. The highest BCUT2D eigenvalue weighted by atomic mass is 32.1. The van der Waals surface area contributed by atoms with E-state index in [0.29, 0.717) is 5.13 Å². The number of anilines is 1. The van der Waals surface area contributed by atoms with Crippen LogP contribution in [0.3, 0.4) is 0 Å². The number of nitrogens with one attached hydrogen (secondary N) is 1. The SMILES string of the molecule is Cc1cccc2sc(NC(=O)Cn3ccc(C(F)(F)F)n3)nc12. The summed E-state index contributed by atoms with van der Waals surface area (Å²) in [5.74, 6) is -0.487. The molecule has 0 saturated carbocycles. The summed E-state index contributed by atoms with van der Waals surface area (Å²) in [7, 11) is 0. The molecule has 2 aromatic heterocycles. The minimum absolute atomic E-state index is 0.314. The number of hydrogen-bond donors (Lipinski definition) is 1. The summed E-state index contributed by atoms with van der Waals surface area (Å²) in [6.45, 7) is 1.60. The largest absolute Gasteiger partial charge is 0.435 e. The summed E-state index contributed by atoms with van der Waals surface area (Å²) in [4.78, 5) is 16.2. The molecule has 1 amide bonds. The van der Waals surface area contributed by atoms with E-state index in [0.717, 1.165) is 32.7 Å². The van der Waals surface area contributed by atoms with Gasteiger partial charge in [0.2, 0.25) is 5.91 Å².